The number of rotatable bonds is 4. The molecule has 8 nitrogen and oxygen atoms in total. The van der Waals surface area contributed by atoms with Crippen LogP contribution in [-0.4, -0.2) is 53.6 Å². The first kappa shape index (κ1) is 19.0. The van der Waals surface area contributed by atoms with Gasteiger partial charge in [0.05, 0.1) is 17.3 Å². The van der Waals surface area contributed by atoms with Gasteiger partial charge in [0, 0.05) is 24.7 Å². The second kappa shape index (κ2) is 7.48. The number of fused-ring (bicyclic) bond motifs is 1. The minimum Gasteiger partial charge on any atom is -0.349 e. The highest BCUT2D eigenvalue weighted by atomic mass is 16.2. The summed E-state index contributed by atoms with van der Waals surface area (Å²) >= 11 is 0. The molecule has 2 aliphatic heterocycles. The Bertz CT molecular complexity index is 797. The van der Waals surface area contributed by atoms with E-state index in [4.69, 9.17) is 5.73 Å². The predicted molar refractivity (Wildman–Crippen MR) is 99.3 cm³/mol. The Hall–Kier alpha value is -2.74. The number of hydrogen-bond acceptors (Lipinski definition) is 5. The summed E-state index contributed by atoms with van der Waals surface area (Å²) in [7, 11) is 0. The van der Waals surface area contributed by atoms with Gasteiger partial charge in [0.1, 0.15) is 0 Å². The fraction of sp³-hybridized carbons (Fsp3) is 0.474. The highest BCUT2D eigenvalue weighted by molar-refractivity contribution is 6.51. The standard InChI is InChI=1S/C19H24N4O4/c1-10(20)19(27)23-7-5-12(6-8-23)11(2)21-17(25)13-3-4-15-14(9-13)16(24)18(26)22-15/h3-4,9-12H,5-8,20H2,1-2H3,(H,21,25)(H,22,24,26). The van der Waals surface area contributed by atoms with Crippen LogP contribution < -0.4 is 16.4 Å². The smallest absolute Gasteiger partial charge is 0.296 e. The van der Waals surface area contributed by atoms with E-state index in [1.165, 1.54) is 6.07 Å². The molecular formula is C19H24N4O4. The van der Waals surface area contributed by atoms with Crippen molar-refractivity contribution < 1.29 is 19.2 Å². The van der Waals surface area contributed by atoms with Crippen molar-refractivity contribution >= 4 is 29.2 Å². The third kappa shape index (κ3) is 3.85. The second-order valence-corrected chi connectivity index (χ2v) is 7.26. The lowest BCUT2D eigenvalue weighted by molar-refractivity contribution is -0.133. The quantitative estimate of drug-likeness (QED) is 0.666. The highest BCUT2D eigenvalue weighted by Crippen LogP contribution is 2.25. The van der Waals surface area contributed by atoms with Crippen molar-refractivity contribution in [3.63, 3.8) is 0 Å². The number of piperidine rings is 1. The maximum absolute atomic E-state index is 12.5. The Balaban J connectivity index is 1.58. The lowest BCUT2D eigenvalue weighted by Crippen LogP contribution is -2.49. The summed E-state index contributed by atoms with van der Waals surface area (Å²) in [6, 6.07) is 4.03. The van der Waals surface area contributed by atoms with Crippen molar-refractivity contribution in [2.45, 2.75) is 38.8 Å². The summed E-state index contributed by atoms with van der Waals surface area (Å²) in [5.74, 6) is -1.38. The molecule has 0 aromatic heterocycles. The number of hydrogen-bond donors (Lipinski definition) is 3. The van der Waals surface area contributed by atoms with Crippen LogP contribution in [0.5, 0.6) is 0 Å². The van der Waals surface area contributed by atoms with Crippen molar-refractivity contribution in [2.24, 2.45) is 11.7 Å². The molecule has 1 fully saturated rings. The molecule has 2 atom stereocenters. The van der Waals surface area contributed by atoms with Gasteiger partial charge in [0.2, 0.25) is 5.91 Å². The average Bonchev–Trinajstić information content (AvgIpc) is 2.94. The molecule has 1 saturated heterocycles. The summed E-state index contributed by atoms with van der Waals surface area (Å²) in [4.78, 5) is 49.5. The van der Waals surface area contributed by atoms with Gasteiger partial charge < -0.3 is 21.3 Å². The van der Waals surface area contributed by atoms with Gasteiger partial charge in [-0.25, -0.2) is 0 Å². The molecule has 2 unspecified atom stereocenters. The molecule has 0 bridgehead atoms. The molecule has 1 aromatic rings. The topological polar surface area (TPSA) is 122 Å². The predicted octanol–water partition coefficient (Wildman–Crippen LogP) is 0.526. The van der Waals surface area contributed by atoms with E-state index in [-0.39, 0.29) is 29.3 Å². The van der Waals surface area contributed by atoms with E-state index in [9.17, 15) is 19.2 Å². The van der Waals surface area contributed by atoms with Crippen LogP contribution in [0, 0.1) is 5.92 Å². The number of Topliss-reactive ketones (excluding diaryl/α,β-unsaturated/α-hetero) is 1. The molecule has 2 heterocycles. The van der Waals surface area contributed by atoms with Gasteiger partial charge in [-0.1, -0.05) is 0 Å². The summed E-state index contributed by atoms with van der Waals surface area (Å²) < 4.78 is 0. The number of ketones is 1. The number of nitrogens with two attached hydrogens (primary N) is 1. The SMILES string of the molecule is CC(N)C(=O)N1CCC(C(C)NC(=O)c2ccc3c(c2)C(=O)C(=O)N3)CC1. The normalized spacial score (nSPS) is 19.3. The van der Waals surface area contributed by atoms with Crippen molar-refractivity contribution in [2.75, 3.05) is 18.4 Å². The van der Waals surface area contributed by atoms with Gasteiger partial charge >= 0.3 is 0 Å². The average molecular weight is 372 g/mol. The molecule has 2 aliphatic rings. The second-order valence-electron chi connectivity index (χ2n) is 7.26. The van der Waals surface area contributed by atoms with Crippen LogP contribution in [-0.2, 0) is 9.59 Å². The first-order valence-electron chi connectivity index (χ1n) is 9.13. The van der Waals surface area contributed by atoms with E-state index >= 15 is 0 Å². The minimum absolute atomic E-state index is 0.0453. The summed E-state index contributed by atoms with van der Waals surface area (Å²) in [5.41, 5.74) is 6.65. The number of benzene rings is 1. The molecule has 1 aromatic carbocycles. The Morgan fingerprint density at radius 2 is 1.89 bits per heavy atom. The number of likely N-dealkylation sites (tertiary alicyclic amines) is 1. The van der Waals surface area contributed by atoms with Crippen LogP contribution in [0.3, 0.4) is 0 Å². The minimum atomic E-state index is -0.677. The van der Waals surface area contributed by atoms with E-state index in [1.54, 1.807) is 24.0 Å². The van der Waals surface area contributed by atoms with E-state index in [2.05, 4.69) is 10.6 Å². The van der Waals surface area contributed by atoms with Crippen molar-refractivity contribution in [3.8, 4) is 0 Å². The van der Waals surface area contributed by atoms with Gasteiger partial charge in [0.15, 0.2) is 0 Å². The lowest BCUT2D eigenvalue weighted by Gasteiger charge is -2.35. The number of amides is 3. The Kier molecular flexibility index (Phi) is 5.27. The molecule has 8 heteroatoms. The fourth-order valence-corrected chi connectivity index (χ4v) is 3.60. The summed E-state index contributed by atoms with van der Waals surface area (Å²) in [6.45, 7) is 4.88. The van der Waals surface area contributed by atoms with Crippen LogP contribution in [0.2, 0.25) is 0 Å². The van der Waals surface area contributed by atoms with Crippen LogP contribution in [0.1, 0.15) is 47.4 Å². The van der Waals surface area contributed by atoms with Crippen molar-refractivity contribution in [1.82, 2.24) is 10.2 Å². The monoisotopic (exact) mass is 372 g/mol. The summed E-state index contributed by atoms with van der Waals surface area (Å²) in [6.07, 6.45) is 1.59. The number of nitrogens with one attached hydrogen (secondary N) is 2. The first-order chi connectivity index (χ1) is 12.8. The first-order valence-corrected chi connectivity index (χ1v) is 9.13. The van der Waals surface area contributed by atoms with Gasteiger partial charge in [0.25, 0.3) is 17.6 Å². The van der Waals surface area contributed by atoms with Crippen LogP contribution in [0.15, 0.2) is 18.2 Å². The van der Waals surface area contributed by atoms with Crippen molar-refractivity contribution in [3.05, 3.63) is 29.3 Å². The van der Waals surface area contributed by atoms with E-state index in [1.807, 2.05) is 6.92 Å². The van der Waals surface area contributed by atoms with Crippen LogP contribution in [0.4, 0.5) is 5.69 Å². The van der Waals surface area contributed by atoms with Crippen LogP contribution in [0.25, 0.3) is 0 Å². The Morgan fingerprint density at radius 1 is 1.22 bits per heavy atom. The van der Waals surface area contributed by atoms with E-state index < -0.39 is 17.7 Å². The zero-order valence-corrected chi connectivity index (χ0v) is 15.5. The lowest BCUT2D eigenvalue weighted by atomic mass is 9.90. The van der Waals surface area contributed by atoms with E-state index in [0.29, 0.717) is 24.3 Å². The van der Waals surface area contributed by atoms with Crippen LogP contribution >= 0.6 is 0 Å². The molecule has 27 heavy (non-hydrogen) atoms. The molecule has 4 N–H and O–H groups in total. The molecule has 0 radical (unpaired) electrons. The molecule has 144 valence electrons. The molecule has 3 amide bonds. The molecule has 0 saturated carbocycles. The Labute approximate surface area is 157 Å². The van der Waals surface area contributed by atoms with Gasteiger partial charge in [-0.3, -0.25) is 19.2 Å². The Morgan fingerprint density at radius 3 is 2.52 bits per heavy atom. The molecule has 0 spiro atoms. The zero-order chi connectivity index (χ0) is 19.7. The van der Waals surface area contributed by atoms with E-state index in [0.717, 1.165) is 12.8 Å². The number of nitrogens with zero attached hydrogens (tertiary/aromatic N) is 1. The number of carbonyl (C=O) groups excluding carboxylic acids is 4. The third-order valence-corrected chi connectivity index (χ3v) is 5.29. The molecular weight excluding hydrogens is 348 g/mol. The van der Waals surface area contributed by atoms with Gasteiger partial charge in [-0.2, -0.15) is 0 Å². The zero-order valence-electron chi connectivity index (χ0n) is 15.5. The maximum atomic E-state index is 12.5. The van der Waals surface area contributed by atoms with Gasteiger partial charge in [-0.05, 0) is 50.8 Å². The third-order valence-electron chi connectivity index (χ3n) is 5.29. The number of carbonyl (C=O) groups is 4. The largest absolute Gasteiger partial charge is 0.349 e. The fourth-order valence-electron chi connectivity index (χ4n) is 3.60. The maximum Gasteiger partial charge on any atom is 0.296 e. The summed E-state index contributed by atoms with van der Waals surface area (Å²) in [5, 5.41) is 5.43. The highest BCUT2D eigenvalue weighted by Gasteiger charge is 2.30. The number of anilines is 1. The molecule has 0 aliphatic carbocycles. The van der Waals surface area contributed by atoms with Gasteiger partial charge in [-0.15, -0.1) is 0 Å². The molecule has 3 rings (SSSR count). The van der Waals surface area contributed by atoms with Crippen molar-refractivity contribution in [1.29, 1.82) is 0 Å².